The minimum absolute atomic E-state index is 0.00546. The minimum atomic E-state index is -0.682. The number of carbonyl (C=O) groups excluding carboxylic acids is 2. The second-order valence-corrected chi connectivity index (χ2v) is 6.73. The van der Waals surface area contributed by atoms with Crippen LogP contribution in [-0.2, 0) is 14.4 Å². The number of ketones is 2. The van der Waals surface area contributed by atoms with E-state index < -0.39 is 5.97 Å². The Morgan fingerprint density at radius 3 is 2.00 bits per heavy atom. The van der Waals surface area contributed by atoms with Gasteiger partial charge in [0.15, 0.2) is 0 Å². The highest BCUT2D eigenvalue weighted by Gasteiger charge is 2.43. The van der Waals surface area contributed by atoms with Crippen LogP contribution in [0, 0.1) is 0 Å². The smallest absolute Gasteiger partial charge is 0.303 e. The molecule has 7 heteroatoms. The Labute approximate surface area is 147 Å². The molecule has 0 aromatic rings. The Hall–Kier alpha value is -2.31. The van der Waals surface area contributed by atoms with E-state index in [1.807, 2.05) is 14.7 Å². The van der Waals surface area contributed by atoms with Crippen molar-refractivity contribution in [3.05, 3.63) is 23.2 Å². The Morgan fingerprint density at radius 2 is 1.52 bits per heavy atom. The third kappa shape index (κ3) is 4.41. The molecule has 25 heavy (non-hydrogen) atoms. The summed E-state index contributed by atoms with van der Waals surface area (Å²) in [4.78, 5) is 40.3. The number of Topliss-reactive ketones (excluding diaryl/α,β-unsaturated/α-hetero) is 1. The van der Waals surface area contributed by atoms with Crippen LogP contribution in [0.2, 0.25) is 0 Å². The van der Waals surface area contributed by atoms with Gasteiger partial charge in [0.1, 0.15) is 11.4 Å². The van der Waals surface area contributed by atoms with Gasteiger partial charge in [-0.25, -0.2) is 0 Å². The van der Waals surface area contributed by atoms with E-state index in [1.165, 1.54) is 6.08 Å². The van der Waals surface area contributed by atoms with Gasteiger partial charge in [-0.2, -0.15) is 0 Å². The van der Waals surface area contributed by atoms with Crippen LogP contribution in [0.5, 0.6) is 0 Å². The molecule has 0 atom stereocenters. The first-order chi connectivity index (χ1) is 12.0. The van der Waals surface area contributed by atoms with Gasteiger partial charge in [-0.15, -0.1) is 0 Å². The Balaban J connectivity index is 0.000000197. The molecule has 0 unspecified atom stereocenters. The summed E-state index contributed by atoms with van der Waals surface area (Å²) < 4.78 is 0. The SMILES string of the molecule is CCCCCC(=O)O.O=C1C=C(N2CC2)C(=O)C(N2CC2)=C1N1CC1. The highest BCUT2D eigenvalue weighted by Crippen LogP contribution is 2.33. The van der Waals surface area contributed by atoms with Crippen molar-refractivity contribution in [3.63, 3.8) is 0 Å². The number of hydrogen-bond donors (Lipinski definition) is 1. The molecule has 0 aromatic carbocycles. The first-order valence-electron chi connectivity index (χ1n) is 9.04. The van der Waals surface area contributed by atoms with Crippen molar-refractivity contribution in [2.75, 3.05) is 39.3 Å². The van der Waals surface area contributed by atoms with Crippen molar-refractivity contribution < 1.29 is 19.5 Å². The van der Waals surface area contributed by atoms with Crippen LogP contribution >= 0.6 is 0 Å². The lowest BCUT2D eigenvalue weighted by Gasteiger charge is -2.21. The Bertz CT molecular complexity index is 641. The van der Waals surface area contributed by atoms with Gasteiger partial charge in [0, 0.05) is 51.8 Å². The van der Waals surface area contributed by atoms with E-state index in [-0.39, 0.29) is 11.6 Å². The first kappa shape index (κ1) is 17.5. The molecule has 4 aliphatic rings. The maximum atomic E-state index is 12.4. The Kier molecular flexibility index (Phi) is 5.11. The summed E-state index contributed by atoms with van der Waals surface area (Å²) in [7, 11) is 0. The molecule has 3 heterocycles. The normalized spacial score (nSPS) is 21.0. The standard InChI is InChI=1S/C12H13N3O2.C6H12O2/c16-9-7-8(13-1-2-13)12(17)11(15-5-6-15)10(9)14-3-4-14;1-2-3-4-5-6(7)8/h7H,1-6H2;2-5H2,1H3,(H,7,8). The molecular formula is C18H25N3O4. The van der Waals surface area contributed by atoms with Crippen LogP contribution in [0.4, 0.5) is 0 Å². The molecule has 1 N–H and O–H groups in total. The van der Waals surface area contributed by atoms with Crippen LogP contribution in [0.3, 0.4) is 0 Å². The zero-order chi connectivity index (χ0) is 18.0. The average molecular weight is 347 g/mol. The van der Waals surface area contributed by atoms with Gasteiger partial charge < -0.3 is 19.8 Å². The number of carbonyl (C=O) groups is 3. The fourth-order valence-corrected chi connectivity index (χ4v) is 2.80. The molecule has 1 aliphatic carbocycles. The third-order valence-corrected chi connectivity index (χ3v) is 4.48. The van der Waals surface area contributed by atoms with Crippen LogP contribution in [0.15, 0.2) is 23.2 Å². The lowest BCUT2D eigenvalue weighted by Crippen LogP contribution is -2.29. The summed E-state index contributed by atoms with van der Waals surface area (Å²) in [5.41, 5.74) is 1.89. The van der Waals surface area contributed by atoms with Crippen LogP contribution in [0.25, 0.3) is 0 Å². The lowest BCUT2D eigenvalue weighted by molar-refractivity contribution is -0.137. The van der Waals surface area contributed by atoms with Crippen molar-refractivity contribution >= 4 is 17.5 Å². The van der Waals surface area contributed by atoms with Crippen LogP contribution in [0.1, 0.15) is 32.6 Å². The number of nitrogens with zero attached hydrogens (tertiary/aromatic N) is 3. The zero-order valence-corrected chi connectivity index (χ0v) is 14.7. The van der Waals surface area contributed by atoms with Gasteiger partial charge in [-0.05, 0) is 6.42 Å². The number of carboxylic acid groups (broad SMARTS) is 1. The quantitative estimate of drug-likeness (QED) is 0.415. The van der Waals surface area contributed by atoms with E-state index in [0.717, 1.165) is 58.5 Å². The largest absolute Gasteiger partial charge is 0.481 e. The molecule has 0 amide bonds. The molecule has 3 aliphatic heterocycles. The average Bonchev–Trinajstić information content (AvgIpc) is 3.40. The molecule has 0 spiro atoms. The van der Waals surface area contributed by atoms with Crippen molar-refractivity contribution in [3.8, 4) is 0 Å². The number of unbranched alkanes of at least 4 members (excludes halogenated alkanes) is 2. The third-order valence-electron chi connectivity index (χ3n) is 4.48. The summed E-state index contributed by atoms with van der Waals surface area (Å²) in [6.45, 7) is 7.46. The minimum Gasteiger partial charge on any atom is -0.481 e. The number of rotatable bonds is 7. The van der Waals surface area contributed by atoms with Gasteiger partial charge in [0.2, 0.25) is 11.6 Å². The Morgan fingerprint density at radius 1 is 0.960 bits per heavy atom. The van der Waals surface area contributed by atoms with E-state index in [2.05, 4.69) is 6.92 Å². The lowest BCUT2D eigenvalue weighted by atomic mass is 10.0. The number of carboxylic acids is 1. The van der Waals surface area contributed by atoms with Crippen LogP contribution in [-0.4, -0.2) is 76.6 Å². The number of hydrogen-bond acceptors (Lipinski definition) is 6. The summed E-state index contributed by atoms with van der Waals surface area (Å²) in [6, 6.07) is 0. The summed E-state index contributed by atoms with van der Waals surface area (Å²) >= 11 is 0. The molecule has 0 saturated carbocycles. The fourth-order valence-electron chi connectivity index (χ4n) is 2.80. The van der Waals surface area contributed by atoms with Crippen molar-refractivity contribution in [1.82, 2.24) is 14.7 Å². The molecular weight excluding hydrogens is 322 g/mol. The monoisotopic (exact) mass is 347 g/mol. The summed E-state index contributed by atoms with van der Waals surface area (Å²) in [5.74, 6) is -0.633. The summed E-state index contributed by atoms with van der Waals surface area (Å²) in [5, 5.41) is 8.14. The van der Waals surface area contributed by atoms with Gasteiger partial charge in [-0.1, -0.05) is 19.8 Å². The zero-order valence-electron chi connectivity index (χ0n) is 14.7. The van der Waals surface area contributed by atoms with E-state index in [0.29, 0.717) is 23.5 Å². The molecule has 0 aromatic heterocycles. The van der Waals surface area contributed by atoms with Crippen molar-refractivity contribution in [2.45, 2.75) is 32.6 Å². The maximum Gasteiger partial charge on any atom is 0.303 e. The van der Waals surface area contributed by atoms with Crippen molar-refractivity contribution in [1.29, 1.82) is 0 Å². The van der Waals surface area contributed by atoms with Gasteiger partial charge in [0.05, 0.1) is 5.70 Å². The van der Waals surface area contributed by atoms with E-state index in [9.17, 15) is 14.4 Å². The predicted molar refractivity (Wildman–Crippen MR) is 91.6 cm³/mol. The second-order valence-electron chi connectivity index (χ2n) is 6.73. The second kappa shape index (κ2) is 7.29. The number of aliphatic carboxylic acids is 1. The van der Waals surface area contributed by atoms with E-state index in [1.54, 1.807) is 0 Å². The number of allylic oxidation sites excluding steroid dienone is 1. The highest BCUT2D eigenvalue weighted by molar-refractivity contribution is 6.22. The van der Waals surface area contributed by atoms with E-state index in [4.69, 9.17) is 5.11 Å². The van der Waals surface area contributed by atoms with Gasteiger partial charge in [-0.3, -0.25) is 14.4 Å². The molecule has 3 fully saturated rings. The molecule has 3 saturated heterocycles. The fraction of sp³-hybridized carbons (Fsp3) is 0.611. The van der Waals surface area contributed by atoms with Gasteiger partial charge >= 0.3 is 5.97 Å². The highest BCUT2D eigenvalue weighted by atomic mass is 16.4. The molecule has 7 nitrogen and oxygen atoms in total. The molecule has 136 valence electrons. The topological polar surface area (TPSA) is 80.5 Å². The molecule has 0 radical (unpaired) electrons. The molecule has 0 bridgehead atoms. The first-order valence-corrected chi connectivity index (χ1v) is 9.04. The van der Waals surface area contributed by atoms with Crippen LogP contribution < -0.4 is 0 Å². The van der Waals surface area contributed by atoms with Gasteiger partial charge in [0.25, 0.3) is 0 Å². The van der Waals surface area contributed by atoms with Crippen molar-refractivity contribution in [2.24, 2.45) is 0 Å². The predicted octanol–water partition coefficient (Wildman–Crippen LogP) is 0.832. The maximum absolute atomic E-state index is 12.4. The van der Waals surface area contributed by atoms with E-state index >= 15 is 0 Å². The summed E-state index contributed by atoms with van der Waals surface area (Å²) in [6.07, 6.45) is 4.80. The molecule has 4 rings (SSSR count).